The van der Waals surface area contributed by atoms with E-state index in [0.29, 0.717) is 16.7 Å². The number of piperidine rings is 1. The number of hydrogen-bond donors (Lipinski definition) is 3. The Morgan fingerprint density at radius 2 is 1.88 bits per heavy atom. The van der Waals surface area contributed by atoms with Gasteiger partial charge in [-0.2, -0.15) is 5.10 Å². The lowest BCUT2D eigenvalue weighted by atomic mass is 10.1. The Bertz CT molecular complexity index is 1090. The van der Waals surface area contributed by atoms with Crippen molar-refractivity contribution < 1.29 is 9.90 Å². The molecule has 0 aliphatic carbocycles. The molecule has 0 spiro atoms. The number of hydrogen-bond acceptors (Lipinski definition) is 7. The topological polar surface area (TPSA) is 110 Å². The van der Waals surface area contributed by atoms with Crippen molar-refractivity contribution in [1.29, 1.82) is 0 Å². The lowest BCUT2D eigenvalue weighted by Gasteiger charge is -2.29. The van der Waals surface area contributed by atoms with Crippen molar-refractivity contribution in [2.75, 3.05) is 35.3 Å². The number of carbonyl (C=O) groups is 1. The van der Waals surface area contributed by atoms with E-state index in [0.717, 1.165) is 53.7 Å². The second-order valence-electron chi connectivity index (χ2n) is 7.85. The minimum atomic E-state index is -0.997. The molecular weight excluding hydrogens is 426 g/mol. The molecule has 0 unspecified atom stereocenters. The first kappa shape index (κ1) is 21.9. The number of nitrogens with one attached hydrogen (secondary N) is 2. The van der Waals surface area contributed by atoms with E-state index in [1.54, 1.807) is 12.1 Å². The number of H-pyrrole nitrogens is 1. The first-order chi connectivity index (χ1) is 15.4. The van der Waals surface area contributed by atoms with Crippen molar-refractivity contribution >= 4 is 41.0 Å². The zero-order valence-corrected chi connectivity index (χ0v) is 19.2. The molecule has 10 heteroatoms. The zero-order valence-electron chi connectivity index (χ0n) is 18.4. The summed E-state index contributed by atoms with van der Waals surface area (Å²) in [5.41, 5.74) is 2.57. The highest BCUT2D eigenvalue weighted by Gasteiger charge is 2.20. The molecule has 32 heavy (non-hydrogen) atoms. The van der Waals surface area contributed by atoms with Crippen LogP contribution in [0.5, 0.6) is 0 Å². The molecule has 1 saturated heterocycles. The summed E-state index contributed by atoms with van der Waals surface area (Å²) in [5.74, 6) is 2.39. The van der Waals surface area contributed by atoms with Gasteiger partial charge in [0.2, 0.25) is 0 Å². The van der Waals surface area contributed by atoms with Gasteiger partial charge in [-0.25, -0.2) is 14.8 Å². The van der Waals surface area contributed by atoms with Crippen molar-refractivity contribution in [2.24, 2.45) is 0 Å². The maximum Gasteiger partial charge on any atom is 0.411 e. The number of carboxylic acid groups (broad SMARTS) is 1. The Labute approximate surface area is 191 Å². The standard InChI is InChI=1S/C22H27N7O2S/c1-14-13-18(27-26-14)23-19-15(2)20(29-11-5-4-6-12-29)25-21(24-19)32-17-9-7-16(8-10-17)28(3)22(30)31/h7-10,13H,4-6,11-12H2,1-3H3,(H,30,31)(H2,23,24,25,26,27). The fraction of sp³-hybridized carbons (Fsp3) is 0.364. The Kier molecular flexibility index (Phi) is 6.50. The van der Waals surface area contributed by atoms with Crippen molar-refractivity contribution in [3.8, 4) is 0 Å². The summed E-state index contributed by atoms with van der Waals surface area (Å²) >= 11 is 1.45. The van der Waals surface area contributed by atoms with Crippen molar-refractivity contribution in [1.82, 2.24) is 20.2 Å². The highest BCUT2D eigenvalue weighted by atomic mass is 32.2. The number of amides is 1. The number of nitrogens with zero attached hydrogens (tertiary/aromatic N) is 5. The van der Waals surface area contributed by atoms with Crippen LogP contribution in [0.15, 0.2) is 40.4 Å². The Morgan fingerprint density at radius 3 is 2.50 bits per heavy atom. The van der Waals surface area contributed by atoms with Crippen molar-refractivity contribution in [2.45, 2.75) is 43.2 Å². The molecule has 0 saturated carbocycles. The second-order valence-corrected chi connectivity index (χ2v) is 8.89. The minimum absolute atomic E-state index is 0.608. The van der Waals surface area contributed by atoms with Crippen LogP contribution in [0.4, 0.5) is 27.9 Å². The van der Waals surface area contributed by atoms with Gasteiger partial charge in [-0.15, -0.1) is 0 Å². The van der Waals surface area contributed by atoms with Gasteiger partial charge in [0, 0.05) is 48.0 Å². The fourth-order valence-corrected chi connectivity index (χ4v) is 4.37. The fourth-order valence-electron chi connectivity index (χ4n) is 3.62. The molecule has 2 aromatic heterocycles. The number of benzene rings is 1. The van der Waals surface area contributed by atoms with Gasteiger partial charge in [0.1, 0.15) is 11.6 Å². The minimum Gasteiger partial charge on any atom is -0.465 e. The molecule has 3 heterocycles. The van der Waals surface area contributed by atoms with E-state index < -0.39 is 6.09 Å². The average molecular weight is 454 g/mol. The van der Waals surface area contributed by atoms with Crippen molar-refractivity contribution in [3.05, 3.63) is 41.6 Å². The molecule has 1 aliphatic rings. The number of anilines is 4. The van der Waals surface area contributed by atoms with Crippen LogP contribution < -0.4 is 15.1 Å². The van der Waals surface area contributed by atoms with Crippen LogP contribution in [0.3, 0.4) is 0 Å². The molecule has 3 aromatic rings. The quantitative estimate of drug-likeness (QED) is 0.456. The largest absolute Gasteiger partial charge is 0.465 e. The van der Waals surface area contributed by atoms with E-state index in [9.17, 15) is 4.79 Å². The summed E-state index contributed by atoms with van der Waals surface area (Å²) in [6.07, 6.45) is 2.57. The molecule has 0 atom stereocenters. The SMILES string of the molecule is Cc1cc(Nc2nc(Sc3ccc(N(C)C(=O)O)cc3)nc(N3CCCCC3)c2C)n[nH]1. The van der Waals surface area contributed by atoms with Crippen LogP contribution in [-0.4, -0.2) is 51.5 Å². The first-order valence-corrected chi connectivity index (χ1v) is 11.4. The van der Waals surface area contributed by atoms with Gasteiger partial charge in [-0.3, -0.25) is 10.00 Å². The maximum absolute atomic E-state index is 11.2. The third-order valence-electron chi connectivity index (χ3n) is 5.43. The third-order valence-corrected chi connectivity index (χ3v) is 6.30. The highest BCUT2D eigenvalue weighted by Crippen LogP contribution is 2.33. The van der Waals surface area contributed by atoms with Crippen LogP contribution in [-0.2, 0) is 0 Å². The number of rotatable bonds is 6. The molecule has 0 radical (unpaired) electrons. The van der Waals surface area contributed by atoms with E-state index >= 15 is 0 Å². The summed E-state index contributed by atoms with van der Waals surface area (Å²) in [7, 11) is 1.52. The Balaban J connectivity index is 1.64. The number of aryl methyl sites for hydroxylation is 1. The van der Waals surface area contributed by atoms with Gasteiger partial charge >= 0.3 is 6.09 Å². The number of aromatic amines is 1. The first-order valence-electron chi connectivity index (χ1n) is 10.6. The van der Waals surface area contributed by atoms with Gasteiger partial charge in [0.05, 0.1) is 0 Å². The molecule has 1 aromatic carbocycles. The Hall–Kier alpha value is -3.27. The van der Waals surface area contributed by atoms with Gasteiger partial charge in [0.15, 0.2) is 11.0 Å². The lowest BCUT2D eigenvalue weighted by Crippen LogP contribution is -2.31. The summed E-state index contributed by atoms with van der Waals surface area (Å²) in [6.45, 7) is 5.96. The molecule has 4 rings (SSSR count). The average Bonchev–Trinajstić information content (AvgIpc) is 3.21. The van der Waals surface area contributed by atoms with Crippen LogP contribution in [0.2, 0.25) is 0 Å². The predicted octanol–water partition coefficient (Wildman–Crippen LogP) is 4.82. The summed E-state index contributed by atoms with van der Waals surface area (Å²) in [4.78, 5) is 25.3. The zero-order chi connectivity index (χ0) is 22.7. The molecule has 1 aliphatic heterocycles. The predicted molar refractivity (Wildman–Crippen MR) is 126 cm³/mol. The normalized spacial score (nSPS) is 13.8. The van der Waals surface area contributed by atoms with E-state index in [2.05, 4.69) is 20.4 Å². The van der Waals surface area contributed by atoms with E-state index in [1.807, 2.05) is 32.0 Å². The molecule has 0 bridgehead atoms. The van der Waals surface area contributed by atoms with Crippen molar-refractivity contribution in [3.63, 3.8) is 0 Å². The van der Waals surface area contributed by atoms with E-state index in [1.165, 1.54) is 30.1 Å². The monoisotopic (exact) mass is 453 g/mol. The molecule has 3 N–H and O–H groups in total. The highest BCUT2D eigenvalue weighted by molar-refractivity contribution is 7.99. The molecule has 1 fully saturated rings. The molecule has 9 nitrogen and oxygen atoms in total. The Morgan fingerprint density at radius 1 is 1.16 bits per heavy atom. The van der Waals surface area contributed by atoms with E-state index in [4.69, 9.17) is 15.1 Å². The van der Waals surface area contributed by atoms with Crippen LogP contribution in [0.1, 0.15) is 30.5 Å². The number of aromatic nitrogens is 4. The lowest BCUT2D eigenvalue weighted by molar-refractivity contribution is 0.203. The maximum atomic E-state index is 11.2. The summed E-state index contributed by atoms with van der Waals surface area (Å²) < 4.78 is 0. The molecule has 168 valence electrons. The summed E-state index contributed by atoms with van der Waals surface area (Å²) in [5, 5.41) is 20.3. The summed E-state index contributed by atoms with van der Waals surface area (Å²) in [6, 6.07) is 9.26. The van der Waals surface area contributed by atoms with Gasteiger partial charge in [0.25, 0.3) is 0 Å². The van der Waals surface area contributed by atoms with Gasteiger partial charge in [-0.05, 0) is 69.1 Å². The van der Waals surface area contributed by atoms with Crippen LogP contribution >= 0.6 is 11.8 Å². The van der Waals surface area contributed by atoms with Crippen LogP contribution in [0, 0.1) is 13.8 Å². The molecular formula is C22H27N7O2S. The van der Waals surface area contributed by atoms with Gasteiger partial charge < -0.3 is 15.3 Å². The third kappa shape index (κ3) is 4.96. The van der Waals surface area contributed by atoms with Crippen LogP contribution in [0.25, 0.3) is 0 Å². The van der Waals surface area contributed by atoms with Gasteiger partial charge in [-0.1, -0.05) is 0 Å². The second kappa shape index (κ2) is 9.47. The smallest absolute Gasteiger partial charge is 0.411 e. The van der Waals surface area contributed by atoms with E-state index in [-0.39, 0.29) is 0 Å². The molecule has 1 amide bonds.